The van der Waals surface area contributed by atoms with Gasteiger partial charge in [-0.1, -0.05) is 29.3 Å². The molecule has 3 unspecified atom stereocenters. The van der Waals surface area contributed by atoms with Crippen molar-refractivity contribution in [2.75, 3.05) is 6.61 Å². The van der Waals surface area contributed by atoms with Gasteiger partial charge in [0, 0.05) is 21.5 Å². The van der Waals surface area contributed by atoms with Crippen LogP contribution in [-0.2, 0) is 4.74 Å². The number of benzene rings is 1. The summed E-state index contributed by atoms with van der Waals surface area (Å²) in [5, 5.41) is 10.4. The first-order valence-electron chi connectivity index (χ1n) is 4.85. The summed E-state index contributed by atoms with van der Waals surface area (Å²) in [6.45, 7) is 2.02. The highest BCUT2D eigenvalue weighted by molar-refractivity contribution is 6.36. The van der Waals surface area contributed by atoms with Gasteiger partial charge in [-0.25, -0.2) is 0 Å². The van der Waals surface area contributed by atoms with Crippen molar-refractivity contribution >= 4 is 23.2 Å². The Bertz CT molecular complexity index is 347. The quantitative estimate of drug-likeness (QED) is 0.870. The van der Waals surface area contributed by atoms with E-state index in [2.05, 4.69) is 0 Å². The number of aliphatic hydroxyl groups is 1. The lowest BCUT2D eigenvalue weighted by molar-refractivity contribution is -0.191. The maximum absolute atomic E-state index is 9.20. The summed E-state index contributed by atoms with van der Waals surface area (Å²) in [7, 11) is 0. The van der Waals surface area contributed by atoms with Crippen molar-refractivity contribution in [1.82, 2.24) is 0 Å². The predicted octanol–water partition coefficient (Wildman–Crippen LogP) is 3.06. The largest absolute Gasteiger partial charge is 0.396 e. The van der Waals surface area contributed by atoms with E-state index in [0.717, 1.165) is 5.56 Å². The number of hydrogen-bond acceptors (Lipinski definition) is 2. The van der Waals surface area contributed by atoms with Gasteiger partial charge in [0.1, 0.15) is 0 Å². The van der Waals surface area contributed by atoms with E-state index in [1.54, 1.807) is 18.2 Å². The standard InChI is InChI=1S/C11H12Cl2O2/c1-6-7(5-14)11(15-6)10-8(12)3-2-4-9(10)13/h2-4,6-7,11,14H,5H2,1H3. The predicted molar refractivity (Wildman–Crippen MR) is 60.3 cm³/mol. The Balaban J connectivity index is 2.31. The minimum atomic E-state index is -0.175. The van der Waals surface area contributed by atoms with Gasteiger partial charge in [-0.2, -0.15) is 0 Å². The van der Waals surface area contributed by atoms with Crippen LogP contribution in [0.15, 0.2) is 18.2 Å². The molecular formula is C11H12Cl2O2. The molecule has 0 amide bonds. The normalized spacial score (nSPS) is 30.0. The second-order valence-corrected chi connectivity index (χ2v) is 4.56. The van der Waals surface area contributed by atoms with Crippen molar-refractivity contribution in [2.24, 2.45) is 5.92 Å². The summed E-state index contributed by atoms with van der Waals surface area (Å²) in [5.41, 5.74) is 0.790. The summed E-state index contributed by atoms with van der Waals surface area (Å²) in [4.78, 5) is 0. The second-order valence-electron chi connectivity index (χ2n) is 3.74. The number of hydrogen-bond donors (Lipinski definition) is 1. The van der Waals surface area contributed by atoms with E-state index in [1.165, 1.54) is 0 Å². The van der Waals surface area contributed by atoms with Crippen molar-refractivity contribution in [3.05, 3.63) is 33.8 Å². The van der Waals surface area contributed by atoms with Gasteiger partial charge in [0.15, 0.2) is 0 Å². The van der Waals surface area contributed by atoms with E-state index in [1.807, 2.05) is 6.92 Å². The maximum Gasteiger partial charge on any atom is 0.0932 e. The summed E-state index contributed by atoms with van der Waals surface area (Å²) in [6, 6.07) is 5.36. The minimum absolute atomic E-state index is 0.0624. The van der Waals surface area contributed by atoms with E-state index in [0.29, 0.717) is 10.0 Å². The van der Waals surface area contributed by atoms with Crippen LogP contribution in [0.25, 0.3) is 0 Å². The van der Waals surface area contributed by atoms with Gasteiger partial charge in [-0.05, 0) is 19.1 Å². The highest BCUT2D eigenvalue weighted by Gasteiger charge is 2.41. The molecule has 1 N–H and O–H groups in total. The number of rotatable bonds is 2. The van der Waals surface area contributed by atoms with E-state index < -0.39 is 0 Å². The smallest absolute Gasteiger partial charge is 0.0932 e. The Hall–Kier alpha value is -0.280. The molecule has 2 nitrogen and oxygen atoms in total. The molecule has 1 saturated heterocycles. The molecule has 1 aliphatic heterocycles. The first-order valence-corrected chi connectivity index (χ1v) is 5.61. The fraction of sp³-hybridized carbons (Fsp3) is 0.455. The lowest BCUT2D eigenvalue weighted by Gasteiger charge is -2.43. The van der Waals surface area contributed by atoms with Gasteiger partial charge in [0.2, 0.25) is 0 Å². The topological polar surface area (TPSA) is 29.5 Å². The van der Waals surface area contributed by atoms with E-state index in [-0.39, 0.29) is 24.7 Å². The molecule has 2 rings (SSSR count). The summed E-state index contributed by atoms with van der Waals surface area (Å²) in [6.07, 6.45) is -0.112. The first-order chi connectivity index (χ1) is 7.15. The van der Waals surface area contributed by atoms with Crippen LogP contribution in [0, 0.1) is 5.92 Å². The Kier molecular flexibility index (Phi) is 3.21. The van der Waals surface area contributed by atoms with Gasteiger partial charge in [-0.15, -0.1) is 0 Å². The molecular weight excluding hydrogens is 235 g/mol. The zero-order valence-electron chi connectivity index (χ0n) is 8.28. The third-order valence-corrected chi connectivity index (χ3v) is 3.51. The van der Waals surface area contributed by atoms with Crippen LogP contribution < -0.4 is 0 Å². The summed E-state index contributed by atoms with van der Waals surface area (Å²) in [5.74, 6) is 0.0856. The van der Waals surface area contributed by atoms with Gasteiger partial charge in [-0.3, -0.25) is 0 Å². The molecule has 1 aromatic carbocycles. The van der Waals surface area contributed by atoms with E-state index in [4.69, 9.17) is 27.9 Å². The van der Waals surface area contributed by atoms with Crippen molar-refractivity contribution in [3.8, 4) is 0 Å². The van der Waals surface area contributed by atoms with Gasteiger partial charge < -0.3 is 9.84 Å². The van der Waals surface area contributed by atoms with Crippen LogP contribution in [0.5, 0.6) is 0 Å². The second kappa shape index (κ2) is 4.30. The molecule has 0 bridgehead atoms. The third-order valence-electron chi connectivity index (χ3n) is 2.85. The van der Waals surface area contributed by atoms with Crippen molar-refractivity contribution in [3.63, 3.8) is 0 Å². The number of aliphatic hydroxyl groups excluding tert-OH is 1. The molecule has 3 atom stereocenters. The fourth-order valence-electron chi connectivity index (χ4n) is 1.90. The zero-order chi connectivity index (χ0) is 11.0. The molecule has 15 heavy (non-hydrogen) atoms. The molecule has 4 heteroatoms. The molecule has 1 aliphatic rings. The molecule has 1 fully saturated rings. The zero-order valence-corrected chi connectivity index (χ0v) is 9.79. The lowest BCUT2D eigenvalue weighted by Crippen LogP contribution is -2.43. The summed E-state index contributed by atoms with van der Waals surface area (Å²) >= 11 is 12.1. The first kappa shape index (κ1) is 11.2. The van der Waals surface area contributed by atoms with Crippen molar-refractivity contribution in [2.45, 2.75) is 19.1 Å². The highest BCUT2D eigenvalue weighted by Crippen LogP contribution is 2.45. The monoisotopic (exact) mass is 246 g/mol. The average molecular weight is 247 g/mol. The number of halogens is 2. The molecule has 0 spiro atoms. The lowest BCUT2D eigenvalue weighted by atomic mass is 9.86. The minimum Gasteiger partial charge on any atom is -0.396 e. The summed E-state index contributed by atoms with van der Waals surface area (Å²) < 4.78 is 5.56. The van der Waals surface area contributed by atoms with Crippen LogP contribution >= 0.6 is 23.2 Å². The SMILES string of the molecule is CC1OC(c2c(Cl)cccc2Cl)C1CO. The molecule has 1 heterocycles. The molecule has 0 radical (unpaired) electrons. The van der Waals surface area contributed by atoms with Gasteiger partial charge in [0.25, 0.3) is 0 Å². The van der Waals surface area contributed by atoms with Crippen LogP contribution in [-0.4, -0.2) is 17.8 Å². The maximum atomic E-state index is 9.20. The van der Waals surface area contributed by atoms with Crippen LogP contribution in [0.4, 0.5) is 0 Å². The molecule has 1 aromatic rings. The third kappa shape index (κ3) is 1.87. The van der Waals surface area contributed by atoms with Crippen LogP contribution in [0.2, 0.25) is 10.0 Å². The Morgan fingerprint density at radius 3 is 2.40 bits per heavy atom. The van der Waals surface area contributed by atoms with Gasteiger partial charge in [0.05, 0.1) is 18.8 Å². The molecule has 82 valence electrons. The fourth-order valence-corrected chi connectivity index (χ4v) is 2.51. The molecule has 0 aromatic heterocycles. The van der Waals surface area contributed by atoms with E-state index >= 15 is 0 Å². The molecule has 0 aliphatic carbocycles. The van der Waals surface area contributed by atoms with Crippen molar-refractivity contribution in [1.29, 1.82) is 0 Å². The Morgan fingerprint density at radius 2 is 1.93 bits per heavy atom. The number of ether oxygens (including phenoxy) is 1. The van der Waals surface area contributed by atoms with Crippen LogP contribution in [0.3, 0.4) is 0 Å². The van der Waals surface area contributed by atoms with Gasteiger partial charge >= 0.3 is 0 Å². The molecule has 0 saturated carbocycles. The van der Waals surface area contributed by atoms with Crippen LogP contribution in [0.1, 0.15) is 18.6 Å². The van der Waals surface area contributed by atoms with E-state index in [9.17, 15) is 5.11 Å². The Labute approximate surface area is 98.8 Å². The highest BCUT2D eigenvalue weighted by atomic mass is 35.5. The van der Waals surface area contributed by atoms with Crippen molar-refractivity contribution < 1.29 is 9.84 Å². The average Bonchev–Trinajstić information content (AvgIpc) is 2.16. The Morgan fingerprint density at radius 1 is 1.33 bits per heavy atom.